The van der Waals surface area contributed by atoms with Crippen LogP contribution < -0.4 is 10.6 Å². The average Bonchev–Trinajstić information content (AvgIpc) is 3.02. The minimum absolute atomic E-state index is 0. The molecule has 1 aliphatic carbocycles. The zero-order valence-corrected chi connectivity index (χ0v) is 13.6. The van der Waals surface area contributed by atoms with Crippen LogP contribution in [0.25, 0.3) is 0 Å². The number of hydrogen-bond donors (Lipinski definition) is 2. The summed E-state index contributed by atoms with van der Waals surface area (Å²) in [5.41, 5.74) is 2.20. The lowest BCUT2D eigenvalue weighted by molar-refractivity contribution is -0.123. The molecular weight excluding hydrogens is 288 g/mol. The molecule has 2 aliphatic rings. The predicted octanol–water partition coefficient (Wildman–Crippen LogP) is 1.69. The van der Waals surface area contributed by atoms with Gasteiger partial charge in [0.05, 0.1) is 12.2 Å². The Morgan fingerprint density at radius 1 is 1.48 bits per heavy atom. The molecule has 0 radical (unpaired) electrons. The third kappa shape index (κ3) is 3.40. The van der Waals surface area contributed by atoms with Gasteiger partial charge in [-0.05, 0) is 32.1 Å². The van der Waals surface area contributed by atoms with Crippen LogP contribution in [0, 0.1) is 12.8 Å². The molecule has 0 spiro atoms. The minimum Gasteiger partial charge on any atom is -0.351 e. The molecule has 1 saturated heterocycles. The Morgan fingerprint density at radius 2 is 2.24 bits per heavy atom. The Morgan fingerprint density at radius 3 is 2.90 bits per heavy atom. The SMILES string of the molecule is Cc1c(CNC(=O)C2CC3CCCCC3N2)cnn1C.Cl. The first-order valence-corrected chi connectivity index (χ1v) is 7.66. The summed E-state index contributed by atoms with van der Waals surface area (Å²) in [4.78, 5) is 12.3. The normalized spacial score (nSPS) is 27.8. The lowest BCUT2D eigenvalue weighted by Crippen LogP contribution is -2.42. The average molecular weight is 313 g/mol. The van der Waals surface area contributed by atoms with E-state index in [9.17, 15) is 4.79 Å². The summed E-state index contributed by atoms with van der Waals surface area (Å²) in [5, 5.41) is 10.8. The Kier molecular flexibility index (Phi) is 5.27. The first-order valence-electron chi connectivity index (χ1n) is 7.66. The molecule has 1 aromatic rings. The van der Waals surface area contributed by atoms with Crippen molar-refractivity contribution in [2.45, 2.75) is 57.7 Å². The van der Waals surface area contributed by atoms with E-state index in [1.54, 1.807) is 0 Å². The monoisotopic (exact) mass is 312 g/mol. The van der Waals surface area contributed by atoms with E-state index >= 15 is 0 Å². The highest BCUT2D eigenvalue weighted by Gasteiger charge is 2.37. The van der Waals surface area contributed by atoms with E-state index in [1.807, 2.05) is 24.9 Å². The molecule has 2 N–H and O–H groups in total. The van der Waals surface area contributed by atoms with Crippen LogP contribution in [-0.4, -0.2) is 27.8 Å². The van der Waals surface area contributed by atoms with E-state index in [4.69, 9.17) is 0 Å². The standard InChI is InChI=1S/C15H24N4O.ClH/c1-10-12(9-17-19(10)2)8-16-15(20)14-7-11-5-3-4-6-13(11)18-14;/h9,11,13-14,18H,3-8H2,1-2H3,(H,16,20);1H. The largest absolute Gasteiger partial charge is 0.351 e. The lowest BCUT2D eigenvalue weighted by Gasteiger charge is -2.24. The molecule has 5 nitrogen and oxygen atoms in total. The van der Waals surface area contributed by atoms with Gasteiger partial charge < -0.3 is 10.6 Å². The van der Waals surface area contributed by atoms with E-state index in [1.165, 1.54) is 25.7 Å². The summed E-state index contributed by atoms with van der Waals surface area (Å²) in [6.07, 6.45) is 7.97. The maximum Gasteiger partial charge on any atom is 0.237 e. The Bertz CT molecular complexity index is 488. The number of hydrogen-bond acceptors (Lipinski definition) is 3. The van der Waals surface area contributed by atoms with E-state index in [0.717, 1.165) is 17.7 Å². The van der Waals surface area contributed by atoms with Gasteiger partial charge in [-0.3, -0.25) is 9.48 Å². The van der Waals surface area contributed by atoms with Gasteiger partial charge in [-0.1, -0.05) is 12.8 Å². The van der Waals surface area contributed by atoms with E-state index in [2.05, 4.69) is 15.7 Å². The molecule has 3 unspecified atom stereocenters. The number of carbonyl (C=O) groups is 1. The quantitative estimate of drug-likeness (QED) is 0.893. The molecular formula is C15H25ClN4O. The van der Waals surface area contributed by atoms with Crippen molar-refractivity contribution in [2.75, 3.05) is 0 Å². The number of fused-ring (bicyclic) bond motifs is 1. The van der Waals surface area contributed by atoms with Crippen molar-refractivity contribution in [1.29, 1.82) is 0 Å². The fourth-order valence-corrected chi connectivity index (χ4v) is 3.54. The molecule has 1 saturated carbocycles. The van der Waals surface area contributed by atoms with Crippen molar-refractivity contribution in [1.82, 2.24) is 20.4 Å². The molecule has 6 heteroatoms. The zero-order chi connectivity index (χ0) is 14.1. The number of carbonyl (C=O) groups excluding carboxylic acids is 1. The second-order valence-electron chi connectivity index (χ2n) is 6.20. The van der Waals surface area contributed by atoms with Gasteiger partial charge in [0.25, 0.3) is 0 Å². The minimum atomic E-state index is 0. The molecule has 1 amide bonds. The fourth-order valence-electron chi connectivity index (χ4n) is 3.54. The molecule has 118 valence electrons. The van der Waals surface area contributed by atoms with Gasteiger partial charge in [0, 0.05) is 30.9 Å². The molecule has 3 atom stereocenters. The van der Waals surface area contributed by atoms with Crippen LogP contribution in [0.3, 0.4) is 0 Å². The Labute approximate surface area is 132 Å². The summed E-state index contributed by atoms with van der Waals surface area (Å²) in [5.74, 6) is 0.849. The van der Waals surface area contributed by atoms with E-state index in [-0.39, 0.29) is 24.4 Å². The summed E-state index contributed by atoms with van der Waals surface area (Å²) in [7, 11) is 1.92. The molecule has 3 rings (SSSR count). The zero-order valence-electron chi connectivity index (χ0n) is 12.8. The highest BCUT2D eigenvalue weighted by Crippen LogP contribution is 2.33. The van der Waals surface area contributed by atoms with Crippen molar-refractivity contribution < 1.29 is 4.79 Å². The molecule has 1 aromatic heterocycles. The van der Waals surface area contributed by atoms with Gasteiger partial charge in [-0.2, -0.15) is 5.10 Å². The summed E-state index contributed by atoms with van der Waals surface area (Å²) < 4.78 is 1.84. The molecule has 2 heterocycles. The topological polar surface area (TPSA) is 59.0 Å². The summed E-state index contributed by atoms with van der Waals surface area (Å²) in [6, 6.07) is 0.569. The van der Waals surface area contributed by atoms with E-state index in [0.29, 0.717) is 18.5 Å². The van der Waals surface area contributed by atoms with E-state index < -0.39 is 0 Å². The third-order valence-electron chi connectivity index (χ3n) is 4.97. The van der Waals surface area contributed by atoms with Gasteiger partial charge in [0.15, 0.2) is 0 Å². The molecule has 1 aliphatic heterocycles. The Hall–Kier alpha value is -1.07. The number of aromatic nitrogens is 2. The molecule has 2 fully saturated rings. The molecule has 0 aromatic carbocycles. The van der Waals surface area contributed by atoms with Crippen molar-refractivity contribution >= 4 is 18.3 Å². The van der Waals surface area contributed by atoms with Crippen LogP contribution in [0.4, 0.5) is 0 Å². The summed E-state index contributed by atoms with van der Waals surface area (Å²) in [6.45, 7) is 2.60. The summed E-state index contributed by atoms with van der Waals surface area (Å²) >= 11 is 0. The second kappa shape index (κ2) is 6.79. The Balaban J connectivity index is 0.00000161. The van der Waals surface area contributed by atoms with Crippen LogP contribution in [0.1, 0.15) is 43.4 Å². The number of halogens is 1. The van der Waals surface area contributed by atoms with Crippen LogP contribution in [0.5, 0.6) is 0 Å². The van der Waals surface area contributed by atoms with Crippen LogP contribution in [-0.2, 0) is 18.4 Å². The highest BCUT2D eigenvalue weighted by atomic mass is 35.5. The van der Waals surface area contributed by atoms with Crippen molar-refractivity contribution in [3.63, 3.8) is 0 Å². The van der Waals surface area contributed by atoms with Crippen LogP contribution in [0.2, 0.25) is 0 Å². The number of rotatable bonds is 3. The predicted molar refractivity (Wildman–Crippen MR) is 84.3 cm³/mol. The molecule has 21 heavy (non-hydrogen) atoms. The van der Waals surface area contributed by atoms with Gasteiger partial charge >= 0.3 is 0 Å². The highest BCUT2D eigenvalue weighted by molar-refractivity contribution is 5.85. The van der Waals surface area contributed by atoms with Gasteiger partial charge in [0.2, 0.25) is 5.91 Å². The first-order chi connectivity index (χ1) is 9.65. The lowest BCUT2D eigenvalue weighted by atomic mass is 9.85. The van der Waals surface area contributed by atoms with Gasteiger partial charge in [-0.25, -0.2) is 0 Å². The number of aryl methyl sites for hydroxylation is 1. The third-order valence-corrected chi connectivity index (χ3v) is 4.97. The number of nitrogens with zero attached hydrogens (tertiary/aromatic N) is 2. The fraction of sp³-hybridized carbons (Fsp3) is 0.733. The van der Waals surface area contributed by atoms with Crippen molar-refractivity contribution in [3.8, 4) is 0 Å². The maximum absolute atomic E-state index is 12.3. The van der Waals surface area contributed by atoms with Crippen LogP contribution >= 0.6 is 12.4 Å². The maximum atomic E-state index is 12.3. The smallest absolute Gasteiger partial charge is 0.237 e. The number of amides is 1. The van der Waals surface area contributed by atoms with Crippen molar-refractivity contribution in [3.05, 3.63) is 17.5 Å². The van der Waals surface area contributed by atoms with Gasteiger partial charge in [0.1, 0.15) is 0 Å². The van der Waals surface area contributed by atoms with Gasteiger partial charge in [-0.15, -0.1) is 12.4 Å². The van der Waals surface area contributed by atoms with Crippen LogP contribution in [0.15, 0.2) is 6.20 Å². The van der Waals surface area contributed by atoms with Crippen molar-refractivity contribution in [2.24, 2.45) is 13.0 Å². The second-order valence-corrected chi connectivity index (χ2v) is 6.20. The number of nitrogens with one attached hydrogen (secondary N) is 2. The molecule has 0 bridgehead atoms. The first kappa shape index (κ1) is 16.3.